The van der Waals surface area contributed by atoms with E-state index in [1.807, 2.05) is 30.3 Å². The summed E-state index contributed by atoms with van der Waals surface area (Å²) in [6.07, 6.45) is 1.42. The predicted molar refractivity (Wildman–Crippen MR) is 69.7 cm³/mol. The lowest BCUT2D eigenvalue weighted by Gasteiger charge is -2.09. The Morgan fingerprint density at radius 1 is 1.33 bits per heavy atom. The fourth-order valence-electron chi connectivity index (χ4n) is 1.47. The highest BCUT2D eigenvalue weighted by Crippen LogP contribution is 2.21. The number of aromatic nitrogens is 1. The molecule has 0 bridgehead atoms. The number of hydrogen-bond acceptors (Lipinski definition) is 5. The second-order valence-corrected chi connectivity index (χ2v) is 3.64. The Kier molecular flexibility index (Phi) is 3.43. The van der Waals surface area contributed by atoms with Crippen LogP contribution in [0, 0.1) is 0 Å². The van der Waals surface area contributed by atoms with Crippen molar-refractivity contribution in [2.75, 3.05) is 18.2 Å². The maximum atomic E-state index is 11.3. The highest BCUT2D eigenvalue weighted by atomic mass is 16.5. The number of nitrogen functional groups attached to an aromatic ring is 1. The van der Waals surface area contributed by atoms with Gasteiger partial charge in [-0.25, -0.2) is 9.78 Å². The summed E-state index contributed by atoms with van der Waals surface area (Å²) < 4.78 is 4.59. The third kappa shape index (κ3) is 2.57. The van der Waals surface area contributed by atoms with Crippen molar-refractivity contribution in [2.45, 2.75) is 0 Å². The number of para-hydroxylation sites is 1. The summed E-state index contributed by atoms with van der Waals surface area (Å²) in [5.74, 6) is 0.0503. The zero-order valence-electron chi connectivity index (χ0n) is 9.88. The highest BCUT2D eigenvalue weighted by molar-refractivity contribution is 5.91. The molecule has 1 aromatic heterocycles. The minimum atomic E-state index is -0.458. The van der Waals surface area contributed by atoms with E-state index in [2.05, 4.69) is 15.0 Å². The molecule has 0 aliphatic rings. The summed E-state index contributed by atoms with van der Waals surface area (Å²) in [4.78, 5) is 15.4. The second kappa shape index (κ2) is 5.18. The van der Waals surface area contributed by atoms with Crippen LogP contribution in [0.1, 0.15) is 10.4 Å². The van der Waals surface area contributed by atoms with Crippen LogP contribution in [0.4, 0.5) is 17.2 Å². The van der Waals surface area contributed by atoms with E-state index in [0.29, 0.717) is 17.1 Å². The molecule has 1 heterocycles. The van der Waals surface area contributed by atoms with Crippen molar-refractivity contribution in [1.82, 2.24) is 4.98 Å². The van der Waals surface area contributed by atoms with Crippen LogP contribution < -0.4 is 11.1 Å². The molecule has 1 aromatic carbocycles. The lowest BCUT2D eigenvalue weighted by molar-refractivity contribution is 0.0600. The van der Waals surface area contributed by atoms with E-state index in [-0.39, 0.29) is 0 Å². The number of benzene rings is 1. The molecular formula is C13H13N3O2. The molecule has 92 valence electrons. The molecule has 0 spiro atoms. The number of esters is 1. The molecule has 0 atom stereocenters. The molecule has 0 saturated carbocycles. The molecule has 3 N–H and O–H groups in total. The van der Waals surface area contributed by atoms with Gasteiger partial charge in [-0.05, 0) is 18.2 Å². The minimum Gasteiger partial charge on any atom is -0.465 e. The van der Waals surface area contributed by atoms with Gasteiger partial charge in [0.15, 0.2) is 5.82 Å². The Bertz CT molecular complexity index is 555. The van der Waals surface area contributed by atoms with Gasteiger partial charge in [-0.15, -0.1) is 0 Å². The summed E-state index contributed by atoms with van der Waals surface area (Å²) in [5, 5.41) is 3.07. The Balaban J connectivity index is 2.23. The molecule has 0 amide bonds. The van der Waals surface area contributed by atoms with Crippen molar-refractivity contribution in [3.05, 3.63) is 48.2 Å². The van der Waals surface area contributed by atoms with Gasteiger partial charge in [0.05, 0.1) is 18.4 Å². The summed E-state index contributed by atoms with van der Waals surface area (Å²) in [7, 11) is 1.31. The number of carbonyl (C=O) groups is 1. The number of nitrogens with two attached hydrogens (primary N) is 1. The Hall–Kier alpha value is -2.56. The van der Waals surface area contributed by atoms with Crippen LogP contribution >= 0.6 is 0 Å². The predicted octanol–water partition coefficient (Wildman–Crippen LogP) is 2.19. The Morgan fingerprint density at radius 3 is 2.67 bits per heavy atom. The maximum absolute atomic E-state index is 11.3. The summed E-state index contributed by atoms with van der Waals surface area (Å²) in [6.45, 7) is 0. The largest absolute Gasteiger partial charge is 0.465 e. The first-order valence-electron chi connectivity index (χ1n) is 5.36. The first-order chi connectivity index (χ1) is 8.70. The van der Waals surface area contributed by atoms with Crippen molar-refractivity contribution in [1.29, 1.82) is 0 Å². The van der Waals surface area contributed by atoms with E-state index in [1.165, 1.54) is 19.4 Å². The van der Waals surface area contributed by atoms with E-state index in [4.69, 9.17) is 5.73 Å². The molecule has 2 rings (SSSR count). The highest BCUT2D eigenvalue weighted by Gasteiger charge is 2.09. The molecule has 5 nitrogen and oxygen atoms in total. The van der Waals surface area contributed by atoms with E-state index in [1.54, 1.807) is 0 Å². The first kappa shape index (κ1) is 11.9. The van der Waals surface area contributed by atoms with Crippen molar-refractivity contribution >= 4 is 23.2 Å². The molecular weight excluding hydrogens is 230 g/mol. The summed E-state index contributed by atoms with van der Waals surface area (Å²) >= 11 is 0. The van der Waals surface area contributed by atoms with Crippen LogP contribution in [-0.2, 0) is 4.74 Å². The lowest BCUT2D eigenvalue weighted by Crippen LogP contribution is -2.05. The second-order valence-electron chi connectivity index (χ2n) is 3.64. The number of hydrogen-bond donors (Lipinski definition) is 2. The van der Waals surface area contributed by atoms with Gasteiger partial charge in [0.2, 0.25) is 0 Å². The SMILES string of the molecule is COC(=O)c1cnc(Nc2ccccc2)c(N)c1. The number of carbonyl (C=O) groups excluding carboxylic acids is 1. The van der Waals surface area contributed by atoms with Crippen LogP contribution in [0.15, 0.2) is 42.6 Å². The average Bonchev–Trinajstić information content (AvgIpc) is 2.41. The number of pyridine rings is 1. The van der Waals surface area contributed by atoms with Gasteiger partial charge in [0.1, 0.15) is 0 Å². The van der Waals surface area contributed by atoms with Gasteiger partial charge in [0.25, 0.3) is 0 Å². The first-order valence-corrected chi connectivity index (χ1v) is 5.36. The fourth-order valence-corrected chi connectivity index (χ4v) is 1.47. The Morgan fingerprint density at radius 2 is 2.06 bits per heavy atom. The number of rotatable bonds is 3. The minimum absolute atomic E-state index is 0.327. The quantitative estimate of drug-likeness (QED) is 0.808. The number of nitrogens with one attached hydrogen (secondary N) is 1. The normalized spacial score (nSPS) is 9.83. The van der Waals surface area contributed by atoms with Gasteiger partial charge in [-0.2, -0.15) is 0 Å². The van der Waals surface area contributed by atoms with Gasteiger partial charge >= 0.3 is 5.97 Å². The van der Waals surface area contributed by atoms with E-state index in [9.17, 15) is 4.79 Å². The van der Waals surface area contributed by atoms with Crippen LogP contribution in [0.3, 0.4) is 0 Å². The summed E-state index contributed by atoms with van der Waals surface area (Å²) in [6, 6.07) is 11.1. The van der Waals surface area contributed by atoms with Gasteiger partial charge in [0, 0.05) is 11.9 Å². The zero-order chi connectivity index (χ0) is 13.0. The van der Waals surface area contributed by atoms with E-state index >= 15 is 0 Å². The molecule has 0 aliphatic heterocycles. The molecule has 2 aromatic rings. The third-order valence-electron chi connectivity index (χ3n) is 2.37. The van der Waals surface area contributed by atoms with Crippen LogP contribution in [0.25, 0.3) is 0 Å². The van der Waals surface area contributed by atoms with E-state index in [0.717, 1.165) is 5.69 Å². The van der Waals surface area contributed by atoms with Gasteiger partial charge in [-0.1, -0.05) is 18.2 Å². The van der Waals surface area contributed by atoms with Gasteiger partial charge < -0.3 is 15.8 Å². The number of methoxy groups -OCH3 is 1. The maximum Gasteiger partial charge on any atom is 0.339 e. The van der Waals surface area contributed by atoms with Crippen LogP contribution in [0.5, 0.6) is 0 Å². The van der Waals surface area contributed by atoms with Crippen LogP contribution in [0.2, 0.25) is 0 Å². The average molecular weight is 243 g/mol. The smallest absolute Gasteiger partial charge is 0.339 e. The van der Waals surface area contributed by atoms with Crippen molar-refractivity contribution < 1.29 is 9.53 Å². The zero-order valence-corrected chi connectivity index (χ0v) is 9.88. The summed E-state index contributed by atoms with van der Waals surface area (Å²) in [5.41, 5.74) is 7.42. The van der Waals surface area contributed by atoms with Crippen LogP contribution in [-0.4, -0.2) is 18.1 Å². The molecule has 5 heteroatoms. The monoisotopic (exact) mass is 243 g/mol. The van der Waals surface area contributed by atoms with E-state index < -0.39 is 5.97 Å². The topological polar surface area (TPSA) is 77.2 Å². The number of ether oxygens (including phenoxy) is 1. The third-order valence-corrected chi connectivity index (χ3v) is 2.37. The molecule has 0 radical (unpaired) electrons. The molecule has 0 saturated heterocycles. The molecule has 18 heavy (non-hydrogen) atoms. The lowest BCUT2D eigenvalue weighted by atomic mass is 10.2. The molecule has 0 unspecified atom stereocenters. The van der Waals surface area contributed by atoms with Gasteiger partial charge in [-0.3, -0.25) is 0 Å². The number of nitrogens with zero attached hydrogens (tertiary/aromatic N) is 1. The Labute approximate surface area is 105 Å². The standard InChI is InChI=1S/C13H13N3O2/c1-18-13(17)9-7-11(14)12(15-8-9)16-10-5-3-2-4-6-10/h2-8H,14H2,1H3,(H,15,16). The number of anilines is 3. The molecule has 0 aliphatic carbocycles. The van der Waals surface area contributed by atoms with Crippen molar-refractivity contribution in [2.24, 2.45) is 0 Å². The van der Waals surface area contributed by atoms with Crippen molar-refractivity contribution in [3.8, 4) is 0 Å². The van der Waals surface area contributed by atoms with Crippen molar-refractivity contribution in [3.63, 3.8) is 0 Å². The molecule has 0 fully saturated rings. The fraction of sp³-hybridized carbons (Fsp3) is 0.0769.